The highest BCUT2D eigenvalue weighted by atomic mass is 16.8. The third kappa shape index (κ3) is 3.51. The number of hydrogen-bond acceptors (Lipinski definition) is 9. The van der Waals surface area contributed by atoms with E-state index in [1.54, 1.807) is 0 Å². The van der Waals surface area contributed by atoms with Crippen LogP contribution in [-0.2, 0) is 18.9 Å². The van der Waals surface area contributed by atoms with E-state index >= 15 is 0 Å². The van der Waals surface area contributed by atoms with Gasteiger partial charge >= 0.3 is 0 Å². The van der Waals surface area contributed by atoms with E-state index in [0.717, 1.165) is 50.5 Å². The Kier molecular flexibility index (Phi) is 6.71. The van der Waals surface area contributed by atoms with E-state index in [9.17, 15) is 25.5 Å². The molecule has 9 nitrogen and oxygen atoms in total. The third-order valence-corrected chi connectivity index (χ3v) is 16.1. The molecule has 18 atom stereocenters. The summed E-state index contributed by atoms with van der Waals surface area (Å²) in [5.41, 5.74) is 0.649. The summed E-state index contributed by atoms with van der Waals surface area (Å²) in [5.74, 6) is 0.328. The van der Waals surface area contributed by atoms with E-state index in [0.29, 0.717) is 17.8 Å². The van der Waals surface area contributed by atoms with Crippen LogP contribution in [0.25, 0.3) is 0 Å². The molecule has 0 amide bonds. The standard InChI is InChI=1S/C36H56O9/c1-17(2)27-19-14-18(3)28-32(6)12-13-35-16-34(35)11-10-23(43-29-26(40)25(39)24(38)20(15-37)42-29)31(4,5)21(34)8-9-22(35)33(32,7)30(41)36(28,44-19)45-27/h18-30,37-41H,1,8-16H2,2-7H3/t18-,19-,20-,21+,22-,23+,24+,25+,26-,27-,28-,29+,30-,32-,33-,34-,35+,36+/m1/s1. The van der Waals surface area contributed by atoms with Crippen molar-refractivity contribution in [3.63, 3.8) is 0 Å². The summed E-state index contributed by atoms with van der Waals surface area (Å²) in [4.78, 5) is 0. The Bertz CT molecular complexity index is 1250. The normalized spacial score (nSPS) is 62.2. The lowest BCUT2D eigenvalue weighted by Crippen LogP contribution is -2.62. The Morgan fingerprint density at radius 1 is 0.889 bits per heavy atom. The van der Waals surface area contributed by atoms with Gasteiger partial charge in [-0.3, -0.25) is 0 Å². The molecule has 254 valence electrons. The Hall–Kier alpha value is -0.620. The smallest absolute Gasteiger partial charge is 0.199 e. The molecule has 0 aromatic carbocycles. The fraction of sp³-hybridized carbons (Fsp3) is 0.944. The molecule has 3 spiro atoms. The molecule has 5 aliphatic carbocycles. The SMILES string of the molecule is C=C(C)[C@H]1O[C@@]23O[C@@H]1C[C@@H](C)[C@@H]2[C@@]1(C)CC[C@@]24C[C@@]25CC[C@H](O[C@@H]2O[C@H](CO)[C@H](O)[C@H](O)[C@H]2O)C(C)(C)[C@@H]5CC[C@@H]4[C@]1(C)[C@H]3O. The largest absolute Gasteiger partial charge is 0.394 e. The Morgan fingerprint density at radius 3 is 2.27 bits per heavy atom. The molecule has 0 radical (unpaired) electrons. The zero-order valence-electron chi connectivity index (χ0n) is 27.9. The molecule has 0 aromatic rings. The topological polar surface area (TPSA) is 138 Å². The number of rotatable bonds is 4. The van der Waals surface area contributed by atoms with Crippen LogP contribution in [0.1, 0.15) is 92.9 Å². The molecule has 8 aliphatic rings. The van der Waals surface area contributed by atoms with Crippen LogP contribution >= 0.6 is 0 Å². The number of hydrogen-bond donors (Lipinski definition) is 5. The van der Waals surface area contributed by atoms with Gasteiger partial charge in [-0.1, -0.05) is 41.2 Å². The maximum absolute atomic E-state index is 12.6. The highest BCUT2D eigenvalue weighted by molar-refractivity contribution is 5.34. The lowest BCUT2D eigenvalue weighted by molar-refractivity contribution is -0.326. The highest BCUT2D eigenvalue weighted by Gasteiger charge is 2.88. The number of ether oxygens (including phenoxy) is 4. The van der Waals surface area contributed by atoms with Crippen molar-refractivity contribution in [3.8, 4) is 0 Å². The van der Waals surface area contributed by atoms with Crippen LogP contribution in [0.4, 0.5) is 0 Å². The maximum atomic E-state index is 12.6. The Morgan fingerprint density at radius 2 is 1.58 bits per heavy atom. The Labute approximate surface area is 267 Å². The quantitative estimate of drug-likeness (QED) is 0.234. The molecule has 8 fully saturated rings. The van der Waals surface area contributed by atoms with E-state index in [1.807, 2.05) is 6.92 Å². The first-order valence-corrected chi connectivity index (χ1v) is 17.7. The molecule has 5 saturated carbocycles. The zero-order valence-corrected chi connectivity index (χ0v) is 27.9. The zero-order chi connectivity index (χ0) is 32.3. The number of aliphatic hydroxyl groups excluding tert-OH is 5. The summed E-state index contributed by atoms with van der Waals surface area (Å²) in [6.07, 6.45) is 0.761. The second-order valence-corrected chi connectivity index (χ2v) is 17.9. The summed E-state index contributed by atoms with van der Waals surface area (Å²) in [6.45, 7) is 17.5. The molecule has 45 heavy (non-hydrogen) atoms. The summed E-state index contributed by atoms with van der Waals surface area (Å²) in [6, 6.07) is 0. The van der Waals surface area contributed by atoms with Crippen LogP contribution in [0.3, 0.4) is 0 Å². The van der Waals surface area contributed by atoms with E-state index in [2.05, 4.69) is 41.2 Å². The molecular formula is C36H56O9. The van der Waals surface area contributed by atoms with Crippen LogP contribution in [0.15, 0.2) is 12.2 Å². The first kappa shape index (κ1) is 31.6. The van der Waals surface area contributed by atoms with E-state index in [-0.39, 0.29) is 51.3 Å². The number of fused-ring (bicyclic) bond motifs is 4. The highest BCUT2D eigenvalue weighted by Crippen LogP contribution is 2.90. The van der Waals surface area contributed by atoms with Crippen molar-refractivity contribution in [1.29, 1.82) is 0 Å². The van der Waals surface area contributed by atoms with Crippen molar-refractivity contribution in [1.82, 2.24) is 0 Å². The molecule has 3 saturated heterocycles. The van der Waals surface area contributed by atoms with Gasteiger partial charge < -0.3 is 44.5 Å². The summed E-state index contributed by atoms with van der Waals surface area (Å²) >= 11 is 0. The van der Waals surface area contributed by atoms with E-state index in [1.165, 1.54) is 6.42 Å². The predicted molar refractivity (Wildman–Crippen MR) is 163 cm³/mol. The van der Waals surface area contributed by atoms with Crippen molar-refractivity contribution in [2.75, 3.05) is 6.61 Å². The maximum Gasteiger partial charge on any atom is 0.199 e. The van der Waals surface area contributed by atoms with Gasteiger partial charge in [-0.05, 0) is 103 Å². The molecule has 5 N–H and O–H groups in total. The van der Waals surface area contributed by atoms with Gasteiger partial charge in [-0.2, -0.15) is 0 Å². The minimum Gasteiger partial charge on any atom is -0.394 e. The number of aliphatic hydroxyl groups is 5. The average molecular weight is 633 g/mol. The summed E-state index contributed by atoms with van der Waals surface area (Å²) < 4.78 is 26.0. The monoisotopic (exact) mass is 632 g/mol. The molecule has 2 bridgehead atoms. The fourth-order valence-corrected chi connectivity index (χ4v) is 14.1. The van der Waals surface area contributed by atoms with Gasteiger partial charge in [-0.25, -0.2) is 0 Å². The summed E-state index contributed by atoms with van der Waals surface area (Å²) in [5, 5.41) is 53.8. The van der Waals surface area contributed by atoms with Crippen molar-refractivity contribution in [2.24, 2.45) is 50.7 Å². The van der Waals surface area contributed by atoms with Crippen LogP contribution < -0.4 is 0 Å². The minimum absolute atomic E-state index is 0.0486. The van der Waals surface area contributed by atoms with E-state index in [4.69, 9.17) is 18.9 Å². The van der Waals surface area contributed by atoms with Crippen LogP contribution in [-0.4, -0.2) is 93.0 Å². The van der Waals surface area contributed by atoms with Crippen molar-refractivity contribution < 1.29 is 44.5 Å². The fourth-order valence-electron chi connectivity index (χ4n) is 14.1. The molecule has 0 aromatic heterocycles. The van der Waals surface area contributed by atoms with Crippen molar-refractivity contribution in [3.05, 3.63) is 12.2 Å². The molecule has 0 unspecified atom stereocenters. The van der Waals surface area contributed by atoms with Gasteiger partial charge in [0, 0.05) is 11.3 Å². The van der Waals surface area contributed by atoms with Crippen molar-refractivity contribution in [2.45, 2.75) is 154 Å². The van der Waals surface area contributed by atoms with Crippen LogP contribution in [0.2, 0.25) is 0 Å². The molecular weight excluding hydrogens is 576 g/mol. The van der Waals surface area contributed by atoms with Gasteiger partial charge in [0.2, 0.25) is 0 Å². The predicted octanol–water partition coefficient (Wildman–Crippen LogP) is 3.29. The second-order valence-electron chi connectivity index (χ2n) is 17.9. The molecule has 8 rings (SSSR count). The molecule has 3 aliphatic heterocycles. The van der Waals surface area contributed by atoms with Crippen LogP contribution in [0, 0.1) is 50.7 Å². The van der Waals surface area contributed by atoms with Gasteiger partial charge in [0.05, 0.1) is 18.8 Å². The summed E-state index contributed by atoms with van der Waals surface area (Å²) in [7, 11) is 0. The van der Waals surface area contributed by atoms with Gasteiger partial charge in [-0.15, -0.1) is 0 Å². The lowest BCUT2D eigenvalue weighted by Gasteiger charge is -2.63. The van der Waals surface area contributed by atoms with Gasteiger partial charge in [0.25, 0.3) is 0 Å². The lowest BCUT2D eigenvalue weighted by atomic mass is 9.41. The first-order chi connectivity index (χ1) is 21.1. The average Bonchev–Trinajstić information content (AvgIpc) is 3.50. The minimum atomic E-state index is -1.45. The van der Waals surface area contributed by atoms with Gasteiger partial charge in [0.1, 0.15) is 36.6 Å². The van der Waals surface area contributed by atoms with Gasteiger partial charge in [0.15, 0.2) is 12.1 Å². The Balaban J connectivity index is 1.09. The van der Waals surface area contributed by atoms with E-state index < -0.39 is 49.2 Å². The van der Waals surface area contributed by atoms with Crippen molar-refractivity contribution >= 4 is 0 Å². The molecule has 9 heteroatoms. The molecule has 3 heterocycles. The second kappa shape index (κ2) is 9.54. The van der Waals surface area contributed by atoms with Crippen LogP contribution in [0.5, 0.6) is 0 Å². The third-order valence-electron chi connectivity index (χ3n) is 16.1. The first-order valence-electron chi connectivity index (χ1n) is 17.7.